The Balaban J connectivity index is 0.847. The molecule has 70 heavy (non-hydrogen) atoms. The van der Waals surface area contributed by atoms with E-state index in [1.54, 1.807) is 0 Å². The maximum Gasteiger partial charge on any atom is 0.0159 e. The van der Waals surface area contributed by atoms with Crippen LogP contribution in [0.15, 0.2) is 164 Å². The van der Waals surface area contributed by atoms with Gasteiger partial charge in [0.15, 0.2) is 0 Å². The Labute approximate surface area is 416 Å². The first kappa shape index (κ1) is 44.4. The second-order valence-corrected chi connectivity index (χ2v) is 25.1. The van der Waals surface area contributed by atoms with Gasteiger partial charge in [-0.1, -0.05) is 236 Å². The lowest BCUT2D eigenvalue weighted by Gasteiger charge is -2.28. The van der Waals surface area contributed by atoms with Crippen molar-refractivity contribution in [3.63, 3.8) is 0 Å². The molecule has 0 aromatic heterocycles. The van der Waals surface area contributed by atoms with Crippen molar-refractivity contribution in [3.8, 4) is 66.8 Å². The molecule has 0 heteroatoms. The predicted octanol–water partition coefficient (Wildman–Crippen LogP) is 19.8. The van der Waals surface area contributed by atoms with Crippen molar-refractivity contribution in [2.75, 3.05) is 0 Å². The minimum absolute atomic E-state index is 0.0153. The first-order valence-electron chi connectivity index (χ1n) is 25.6. The first-order chi connectivity index (χ1) is 33.1. The van der Waals surface area contributed by atoms with Crippen molar-refractivity contribution in [1.29, 1.82) is 0 Å². The molecule has 12 rings (SSSR count). The van der Waals surface area contributed by atoms with Crippen LogP contribution in [0.5, 0.6) is 0 Å². The lowest BCUT2D eigenvalue weighted by Crippen LogP contribution is -2.19. The van der Waals surface area contributed by atoms with Gasteiger partial charge in [0, 0.05) is 10.8 Å². The molecular weight excluding hydrogens is 841 g/mol. The normalized spacial score (nSPS) is 14.9. The highest BCUT2D eigenvalue weighted by molar-refractivity contribution is 6.25. The zero-order valence-corrected chi connectivity index (χ0v) is 43.6. The van der Waals surface area contributed by atoms with E-state index in [0.717, 1.165) is 0 Å². The summed E-state index contributed by atoms with van der Waals surface area (Å²) in [4.78, 5) is 0. The van der Waals surface area contributed by atoms with Crippen molar-refractivity contribution >= 4 is 32.3 Å². The smallest absolute Gasteiger partial charge is 0.0159 e. The van der Waals surface area contributed by atoms with Crippen LogP contribution in [0.3, 0.4) is 0 Å². The van der Waals surface area contributed by atoms with Crippen LogP contribution in [0.1, 0.15) is 129 Å². The highest BCUT2D eigenvalue weighted by Crippen LogP contribution is 2.56. The van der Waals surface area contributed by atoms with Crippen LogP contribution >= 0.6 is 0 Å². The van der Waals surface area contributed by atoms with Gasteiger partial charge in [0.1, 0.15) is 0 Å². The molecule has 0 heterocycles. The fourth-order valence-electron chi connectivity index (χ4n) is 12.3. The Bertz CT molecular complexity index is 3750. The second-order valence-electron chi connectivity index (χ2n) is 25.1. The van der Waals surface area contributed by atoms with Gasteiger partial charge in [-0.25, -0.2) is 0 Å². The van der Waals surface area contributed by atoms with Gasteiger partial charge in [0.2, 0.25) is 0 Å². The molecule has 0 atom stereocenters. The molecule has 0 fully saturated rings. The molecule has 10 aromatic carbocycles. The van der Waals surface area contributed by atoms with Gasteiger partial charge in [0.25, 0.3) is 0 Å². The summed E-state index contributed by atoms with van der Waals surface area (Å²) in [6.45, 7) is 30.7. The largest absolute Gasteiger partial charge is 0.0579 e. The molecule has 0 nitrogen and oxygen atoms in total. The lowest BCUT2D eigenvalue weighted by atomic mass is 9.76. The molecule has 0 radical (unpaired) electrons. The number of fused-ring (bicyclic) bond motifs is 6. The van der Waals surface area contributed by atoms with Crippen LogP contribution in [0.2, 0.25) is 0 Å². The van der Waals surface area contributed by atoms with E-state index in [0.29, 0.717) is 0 Å². The van der Waals surface area contributed by atoms with E-state index >= 15 is 0 Å². The molecule has 0 amide bonds. The van der Waals surface area contributed by atoms with E-state index in [1.807, 2.05) is 0 Å². The highest BCUT2D eigenvalue weighted by Gasteiger charge is 2.40. The molecule has 0 saturated heterocycles. The van der Waals surface area contributed by atoms with E-state index in [9.17, 15) is 0 Å². The number of rotatable bonds is 4. The molecule has 10 aromatic rings. The van der Waals surface area contributed by atoms with E-state index in [2.05, 4.69) is 254 Å². The molecule has 2 aliphatic carbocycles. The molecule has 0 saturated carbocycles. The lowest BCUT2D eigenvalue weighted by molar-refractivity contribution is 0.580. The Morgan fingerprint density at radius 2 is 0.686 bits per heavy atom. The number of benzene rings is 10. The molecule has 0 spiro atoms. The Kier molecular flexibility index (Phi) is 9.45. The van der Waals surface area contributed by atoms with E-state index in [4.69, 9.17) is 0 Å². The molecule has 346 valence electrons. The van der Waals surface area contributed by atoms with Gasteiger partial charge in [0.05, 0.1) is 0 Å². The summed E-state index contributed by atoms with van der Waals surface area (Å²) in [6.07, 6.45) is 0. The van der Waals surface area contributed by atoms with Crippen LogP contribution < -0.4 is 0 Å². The fourth-order valence-corrected chi connectivity index (χ4v) is 12.3. The third kappa shape index (κ3) is 6.77. The summed E-state index contributed by atoms with van der Waals surface area (Å²) < 4.78 is 0. The third-order valence-electron chi connectivity index (χ3n) is 16.7. The fraction of sp³-hybridized carbons (Fsp3) is 0.257. The van der Waals surface area contributed by atoms with Crippen molar-refractivity contribution in [2.24, 2.45) is 0 Å². The minimum Gasteiger partial charge on any atom is -0.0579 e. The maximum absolute atomic E-state index is 2.53. The number of hydrogen-bond acceptors (Lipinski definition) is 0. The zero-order chi connectivity index (χ0) is 49.0. The van der Waals surface area contributed by atoms with Crippen LogP contribution in [0.25, 0.3) is 99.1 Å². The SMILES string of the molecule is CC(C)(C)c1ccc2c(c1)C(C)(C)c1cc(C(C)(C)C)cc(-c3ccc4c(c3)C(C)(C)c3cc(-c5ccc(-c6ccc(-c7ccc8ccc9cc(C(C)(C)C)cc%10ccc7c8c9%10)cc6)cc5)ccc3-4)c1-2. The molecule has 0 bridgehead atoms. The van der Waals surface area contributed by atoms with Gasteiger partial charge < -0.3 is 0 Å². The van der Waals surface area contributed by atoms with Crippen molar-refractivity contribution in [1.82, 2.24) is 0 Å². The number of hydrogen-bond donors (Lipinski definition) is 0. The Morgan fingerprint density at radius 1 is 0.271 bits per heavy atom. The summed E-state index contributed by atoms with van der Waals surface area (Å²) in [5.74, 6) is 0. The van der Waals surface area contributed by atoms with Crippen molar-refractivity contribution in [2.45, 2.75) is 117 Å². The van der Waals surface area contributed by atoms with Crippen LogP contribution in [0.4, 0.5) is 0 Å². The van der Waals surface area contributed by atoms with Gasteiger partial charge in [-0.05, 0) is 172 Å². The minimum atomic E-state index is -0.160. The second kappa shape index (κ2) is 14.9. The van der Waals surface area contributed by atoms with Gasteiger partial charge in [-0.3, -0.25) is 0 Å². The predicted molar refractivity (Wildman–Crippen MR) is 303 cm³/mol. The van der Waals surface area contributed by atoms with E-state index in [1.165, 1.54) is 138 Å². The quantitative estimate of drug-likeness (QED) is 0.154. The zero-order valence-electron chi connectivity index (χ0n) is 43.6. The summed E-state index contributed by atoms with van der Waals surface area (Å²) in [7, 11) is 0. The van der Waals surface area contributed by atoms with Crippen molar-refractivity contribution < 1.29 is 0 Å². The highest BCUT2D eigenvalue weighted by atomic mass is 14.4. The summed E-state index contributed by atoms with van der Waals surface area (Å²) in [5.41, 5.74) is 25.4. The van der Waals surface area contributed by atoms with Crippen LogP contribution in [-0.4, -0.2) is 0 Å². The third-order valence-corrected chi connectivity index (χ3v) is 16.7. The Hall–Kier alpha value is -6.76. The molecule has 0 unspecified atom stereocenters. The average molecular weight is 907 g/mol. The molecule has 0 aliphatic heterocycles. The first-order valence-corrected chi connectivity index (χ1v) is 25.6. The van der Waals surface area contributed by atoms with Crippen LogP contribution in [-0.2, 0) is 27.1 Å². The van der Waals surface area contributed by atoms with Crippen molar-refractivity contribution in [3.05, 3.63) is 203 Å². The Morgan fingerprint density at radius 3 is 1.29 bits per heavy atom. The molecule has 0 N–H and O–H groups in total. The average Bonchev–Trinajstić information content (AvgIpc) is 3.70. The summed E-state index contributed by atoms with van der Waals surface area (Å²) >= 11 is 0. The maximum atomic E-state index is 2.53. The summed E-state index contributed by atoms with van der Waals surface area (Å²) in [5, 5.41) is 8.01. The monoisotopic (exact) mass is 907 g/mol. The van der Waals surface area contributed by atoms with E-state index in [-0.39, 0.29) is 27.1 Å². The molecular formula is C70H66. The van der Waals surface area contributed by atoms with E-state index < -0.39 is 0 Å². The van der Waals surface area contributed by atoms with Gasteiger partial charge in [-0.2, -0.15) is 0 Å². The van der Waals surface area contributed by atoms with Gasteiger partial charge in [-0.15, -0.1) is 0 Å². The van der Waals surface area contributed by atoms with Gasteiger partial charge >= 0.3 is 0 Å². The standard InChI is InChI=1S/C70H66/c1-66(2,3)50-28-33-57-61(39-50)70(12,13)62-40-52(68(7,8)9)38-58(65(57)62)47-26-31-55-54-30-25-46(36-59(54)69(10,11)60(55)37-47)43-16-14-41(15-17-43)42-18-20-44(21-19-42)53-29-24-45-22-23-48-34-51(67(4,5)6)35-49-27-32-56(53)64(45)63(48)49/h14-40H,1-13H3. The summed E-state index contributed by atoms with van der Waals surface area (Å²) in [6, 6.07) is 63.8. The van der Waals surface area contributed by atoms with Crippen LogP contribution in [0, 0.1) is 0 Å². The molecule has 2 aliphatic rings. The topological polar surface area (TPSA) is 0 Å².